The maximum Gasteiger partial charge on any atom is 0.293 e. The van der Waals surface area contributed by atoms with Gasteiger partial charge in [0.25, 0.3) is 6.47 Å². The van der Waals surface area contributed by atoms with Gasteiger partial charge in [-0.05, 0) is 6.92 Å². The first-order valence-electron chi connectivity index (χ1n) is 4.75. The van der Waals surface area contributed by atoms with Crippen LogP contribution in [0.2, 0.25) is 0 Å². The lowest BCUT2D eigenvalue weighted by atomic mass is 10.7. The first-order valence-corrected chi connectivity index (χ1v) is 6.02. The van der Waals surface area contributed by atoms with Crippen LogP contribution >= 0.6 is 25.3 Å². The van der Waals surface area contributed by atoms with Crippen molar-refractivity contribution in [1.29, 1.82) is 0 Å². The molecule has 0 amide bonds. The predicted molar refractivity (Wildman–Crippen MR) is 67.0 cm³/mol. The van der Waals surface area contributed by atoms with Crippen LogP contribution in [-0.2, 0) is 19.0 Å². The zero-order valence-corrected chi connectivity index (χ0v) is 10.8. The van der Waals surface area contributed by atoms with E-state index in [0.717, 1.165) is 11.5 Å². The number of rotatable bonds is 9. The van der Waals surface area contributed by atoms with Gasteiger partial charge in [0.15, 0.2) is 0 Å². The molecular weight excluding hydrogens is 236 g/mol. The third-order valence-electron chi connectivity index (χ3n) is 1.08. The Labute approximate surface area is 102 Å². The van der Waals surface area contributed by atoms with Gasteiger partial charge in [-0.3, -0.25) is 4.79 Å². The van der Waals surface area contributed by atoms with Crippen molar-refractivity contribution in [3.05, 3.63) is 0 Å². The van der Waals surface area contributed by atoms with Crippen LogP contribution in [0.4, 0.5) is 0 Å². The molecule has 0 spiro atoms. The molecule has 0 aromatic carbocycles. The lowest BCUT2D eigenvalue weighted by Gasteiger charge is -2.01. The van der Waals surface area contributed by atoms with Crippen LogP contribution in [0.25, 0.3) is 0 Å². The van der Waals surface area contributed by atoms with Crippen LogP contribution in [0, 0.1) is 0 Å². The van der Waals surface area contributed by atoms with E-state index in [1.165, 1.54) is 0 Å². The van der Waals surface area contributed by atoms with Crippen LogP contribution in [0.3, 0.4) is 0 Å². The van der Waals surface area contributed by atoms with E-state index in [4.69, 9.17) is 9.47 Å². The fraction of sp³-hybridized carbons (Fsp3) is 0.889. The zero-order valence-electron chi connectivity index (χ0n) is 9.05. The van der Waals surface area contributed by atoms with Crippen LogP contribution in [0.1, 0.15) is 6.92 Å². The predicted octanol–water partition coefficient (Wildman–Crippen LogP) is 1.06. The molecule has 0 atom stereocenters. The molecule has 0 aromatic rings. The van der Waals surface area contributed by atoms with Crippen molar-refractivity contribution in [2.24, 2.45) is 0 Å². The minimum absolute atomic E-state index is 0.431. The van der Waals surface area contributed by atoms with Crippen molar-refractivity contribution >= 4 is 31.7 Å². The Morgan fingerprint density at radius 2 is 1.47 bits per heavy atom. The first-order chi connectivity index (χ1) is 7.33. The summed E-state index contributed by atoms with van der Waals surface area (Å²) in [7, 11) is 0. The number of hydrogen-bond donors (Lipinski definition) is 2. The van der Waals surface area contributed by atoms with E-state index < -0.39 is 0 Å². The van der Waals surface area contributed by atoms with E-state index in [9.17, 15) is 4.79 Å². The van der Waals surface area contributed by atoms with E-state index in [2.05, 4.69) is 30.0 Å². The zero-order chi connectivity index (χ0) is 11.8. The SMILES string of the molecule is CCOC=O.SCCOCCOCCS. The lowest BCUT2D eigenvalue weighted by molar-refractivity contribution is -0.128. The van der Waals surface area contributed by atoms with Gasteiger partial charge in [0.2, 0.25) is 0 Å². The number of hydrogen-bond acceptors (Lipinski definition) is 6. The number of carbonyl (C=O) groups is 1. The maximum absolute atomic E-state index is 9.18. The summed E-state index contributed by atoms with van der Waals surface area (Å²) < 4.78 is 14.4. The van der Waals surface area contributed by atoms with Crippen molar-refractivity contribution < 1.29 is 19.0 Å². The van der Waals surface area contributed by atoms with Crippen molar-refractivity contribution in [1.82, 2.24) is 0 Å². The summed E-state index contributed by atoms with van der Waals surface area (Å²) in [5.41, 5.74) is 0. The smallest absolute Gasteiger partial charge is 0.293 e. The Morgan fingerprint density at radius 1 is 1.00 bits per heavy atom. The Balaban J connectivity index is 0. The summed E-state index contributed by atoms with van der Waals surface area (Å²) in [6.45, 7) is 5.39. The molecule has 0 aromatic heterocycles. The molecule has 0 heterocycles. The lowest BCUT2D eigenvalue weighted by Crippen LogP contribution is -2.07. The number of ether oxygens (including phenoxy) is 3. The van der Waals surface area contributed by atoms with Crippen molar-refractivity contribution in [2.45, 2.75) is 6.92 Å². The highest BCUT2D eigenvalue weighted by molar-refractivity contribution is 7.80. The molecule has 4 nitrogen and oxygen atoms in total. The summed E-state index contributed by atoms with van der Waals surface area (Å²) in [6.07, 6.45) is 0. The third kappa shape index (κ3) is 24.9. The molecule has 0 N–H and O–H groups in total. The van der Waals surface area contributed by atoms with Gasteiger partial charge in [-0.1, -0.05) is 0 Å². The highest BCUT2D eigenvalue weighted by atomic mass is 32.1. The van der Waals surface area contributed by atoms with E-state index in [1.807, 2.05) is 0 Å². The molecule has 92 valence electrons. The highest BCUT2D eigenvalue weighted by Gasteiger charge is 1.86. The molecule has 0 rings (SSSR count). The molecule has 0 fully saturated rings. The van der Waals surface area contributed by atoms with Gasteiger partial charge in [-0.2, -0.15) is 25.3 Å². The Morgan fingerprint density at radius 3 is 1.67 bits per heavy atom. The average Bonchev–Trinajstić information content (AvgIpc) is 2.25. The van der Waals surface area contributed by atoms with Gasteiger partial charge in [-0.25, -0.2) is 0 Å². The Kier molecular flexibility index (Phi) is 22.9. The minimum Gasteiger partial charge on any atom is -0.468 e. The molecule has 15 heavy (non-hydrogen) atoms. The van der Waals surface area contributed by atoms with Crippen LogP contribution < -0.4 is 0 Å². The second-order valence-corrected chi connectivity index (χ2v) is 3.12. The van der Waals surface area contributed by atoms with E-state index in [0.29, 0.717) is 39.5 Å². The average molecular weight is 256 g/mol. The van der Waals surface area contributed by atoms with Gasteiger partial charge in [0.05, 0.1) is 33.0 Å². The van der Waals surface area contributed by atoms with Crippen molar-refractivity contribution in [3.63, 3.8) is 0 Å². The van der Waals surface area contributed by atoms with Gasteiger partial charge in [0, 0.05) is 11.5 Å². The Bertz CT molecular complexity index is 106. The summed E-state index contributed by atoms with van der Waals surface area (Å²) in [5, 5.41) is 0. The van der Waals surface area contributed by atoms with E-state index >= 15 is 0 Å². The third-order valence-corrected chi connectivity index (χ3v) is 1.44. The second-order valence-electron chi connectivity index (χ2n) is 2.22. The van der Waals surface area contributed by atoms with E-state index in [-0.39, 0.29) is 0 Å². The first kappa shape index (κ1) is 17.5. The van der Waals surface area contributed by atoms with Crippen LogP contribution in [-0.4, -0.2) is 51.0 Å². The van der Waals surface area contributed by atoms with E-state index in [1.54, 1.807) is 6.92 Å². The normalized spacial score (nSPS) is 9.00. The molecule has 0 radical (unpaired) electrons. The van der Waals surface area contributed by atoms with Gasteiger partial charge < -0.3 is 14.2 Å². The highest BCUT2D eigenvalue weighted by Crippen LogP contribution is 1.81. The van der Waals surface area contributed by atoms with Gasteiger partial charge in [-0.15, -0.1) is 0 Å². The molecular formula is C9H20O4S2. The molecule has 0 unspecified atom stereocenters. The molecule has 0 saturated carbocycles. The number of carbonyl (C=O) groups excluding carboxylic acids is 1. The fourth-order valence-electron chi connectivity index (χ4n) is 0.519. The molecule has 0 aliphatic rings. The van der Waals surface area contributed by atoms with Crippen molar-refractivity contribution in [2.75, 3.05) is 44.5 Å². The molecule has 0 bridgehead atoms. The summed E-state index contributed by atoms with van der Waals surface area (Å²) >= 11 is 7.97. The van der Waals surface area contributed by atoms with Crippen molar-refractivity contribution in [3.8, 4) is 0 Å². The topological polar surface area (TPSA) is 44.8 Å². The number of thiol groups is 2. The van der Waals surface area contributed by atoms with Gasteiger partial charge in [0.1, 0.15) is 0 Å². The maximum atomic E-state index is 9.18. The molecule has 0 saturated heterocycles. The summed E-state index contributed by atoms with van der Waals surface area (Å²) in [4.78, 5) is 9.18. The second kappa shape index (κ2) is 19.6. The summed E-state index contributed by atoms with van der Waals surface area (Å²) in [5.74, 6) is 1.54. The fourth-order valence-corrected chi connectivity index (χ4v) is 0.777. The molecule has 0 aliphatic heterocycles. The Hall–Kier alpha value is 0.0900. The quantitative estimate of drug-likeness (QED) is 0.368. The monoisotopic (exact) mass is 256 g/mol. The van der Waals surface area contributed by atoms with Gasteiger partial charge >= 0.3 is 0 Å². The van der Waals surface area contributed by atoms with Crippen LogP contribution in [0.15, 0.2) is 0 Å². The molecule has 0 aliphatic carbocycles. The summed E-state index contributed by atoms with van der Waals surface area (Å²) in [6, 6.07) is 0. The standard InChI is InChI=1S/C6H14O2S2.C3H6O2/c9-5-3-7-1-2-8-4-6-10;1-2-5-3-4/h9-10H,1-6H2;3H,2H2,1H3. The minimum atomic E-state index is 0.431. The largest absolute Gasteiger partial charge is 0.468 e. The molecule has 6 heteroatoms. The van der Waals surface area contributed by atoms with Crippen LogP contribution in [0.5, 0.6) is 0 Å².